The van der Waals surface area contributed by atoms with Crippen LogP contribution in [-0.4, -0.2) is 7.05 Å². The second-order valence-electron chi connectivity index (χ2n) is 3.46. The standard InChI is InChI=1S/C13H15N/c1-3-10-5-4-6-11-7-8-12(14-2)9-13(10)11/h4-9,14H,3H2,1-2H3. The summed E-state index contributed by atoms with van der Waals surface area (Å²) < 4.78 is 0. The van der Waals surface area contributed by atoms with Crippen molar-refractivity contribution in [3.05, 3.63) is 42.0 Å². The lowest BCUT2D eigenvalue weighted by molar-refractivity contribution is 1.16. The van der Waals surface area contributed by atoms with Crippen molar-refractivity contribution in [1.29, 1.82) is 0 Å². The highest BCUT2D eigenvalue weighted by Gasteiger charge is 1.99. The number of hydrogen-bond donors (Lipinski definition) is 1. The van der Waals surface area contributed by atoms with Crippen LogP contribution in [0, 0.1) is 0 Å². The lowest BCUT2D eigenvalue weighted by Gasteiger charge is -2.06. The van der Waals surface area contributed by atoms with Crippen molar-refractivity contribution in [3.63, 3.8) is 0 Å². The van der Waals surface area contributed by atoms with Crippen molar-refractivity contribution in [1.82, 2.24) is 0 Å². The Morgan fingerprint density at radius 3 is 2.71 bits per heavy atom. The predicted molar refractivity (Wildman–Crippen MR) is 62.9 cm³/mol. The number of nitrogens with one attached hydrogen (secondary N) is 1. The summed E-state index contributed by atoms with van der Waals surface area (Å²) >= 11 is 0. The molecule has 0 amide bonds. The highest BCUT2D eigenvalue weighted by Crippen LogP contribution is 2.22. The van der Waals surface area contributed by atoms with Crippen LogP contribution in [0.5, 0.6) is 0 Å². The topological polar surface area (TPSA) is 12.0 Å². The van der Waals surface area contributed by atoms with E-state index >= 15 is 0 Å². The first-order valence-corrected chi connectivity index (χ1v) is 5.04. The van der Waals surface area contributed by atoms with E-state index in [1.807, 2.05) is 7.05 Å². The Morgan fingerprint density at radius 1 is 1.14 bits per heavy atom. The van der Waals surface area contributed by atoms with Gasteiger partial charge in [0.25, 0.3) is 0 Å². The van der Waals surface area contributed by atoms with Crippen LogP contribution < -0.4 is 5.32 Å². The molecule has 0 saturated heterocycles. The van der Waals surface area contributed by atoms with Gasteiger partial charge in [0.2, 0.25) is 0 Å². The van der Waals surface area contributed by atoms with Crippen LogP contribution >= 0.6 is 0 Å². The average molecular weight is 185 g/mol. The number of benzene rings is 2. The van der Waals surface area contributed by atoms with Gasteiger partial charge in [-0.25, -0.2) is 0 Å². The van der Waals surface area contributed by atoms with Crippen molar-refractivity contribution in [2.75, 3.05) is 12.4 Å². The summed E-state index contributed by atoms with van der Waals surface area (Å²) in [5.74, 6) is 0. The van der Waals surface area contributed by atoms with E-state index in [9.17, 15) is 0 Å². The molecule has 0 unspecified atom stereocenters. The first kappa shape index (κ1) is 9.07. The van der Waals surface area contributed by atoms with Gasteiger partial charge in [-0.15, -0.1) is 0 Å². The number of fused-ring (bicyclic) bond motifs is 1. The molecule has 0 saturated carbocycles. The van der Waals surface area contributed by atoms with E-state index in [2.05, 4.69) is 48.6 Å². The molecular formula is C13H15N. The monoisotopic (exact) mass is 185 g/mol. The maximum absolute atomic E-state index is 3.17. The van der Waals surface area contributed by atoms with E-state index < -0.39 is 0 Å². The summed E-state index contributed by atoms with van der Waals surface area (Å²) in [5, 5.41) is 5.86. The zero-order valence-corrected chi connectivity index (χ0v) is 8.67. The average Bonchev–Trinajstić information content (AvgIpc) is 2.27. The van der Waals surface area contributed by atoms with Crippen molar-refractivity contribution in [2.24, 2.45) is 0 Å². The van der Waals surface area contributed by atoms with Crippen LogP contribution in [-0.2, 0) is 6.42 Å². The smallest absolute Gasteiger partial charge is 0.0344 e. The van der Waals surface area contributed by atoms with E-state index in [-0.39, 0.29) is 0 Å². The molecule has 1 heteroatoms. The van der Waals surface area contributed by atoms with Crippen LogP contribution in [0.2, 0.25) is 0 Å². The Morgan fingerprint density at radius 2 is 2.00 bits per heavy atom. The number of anilines is 1. The summed E-state index contributed by atoms with van der Waals surface area (Å²) in [7, 11) is 1.95. The van der Waals surface area contributed by atoms with Crippen molar-refractivity contribution in [2.45, 2.75) is 13.3 Å². The molecule has 2 rings (SSSR count). The minimum absolute atomic E-state index is 1.09. The zero-order valence-electron chi connectivity index (χ0n) is 8.67. The van der Waals surface area contributed by atoms with Crippen LogP contribution in [0.4, 0.5) is 5.69 Å². The molecule has 72 valence electrons. The molecule has 0 fully saturated rings. The molecule has 0 heterocycles. The van der Waals surface area contributed by atoms with Gasteiger partial charge < -0.3 is 5.32 Å². The van der Waals surface area contributed by atoms with Gasteiger partial charge in [0.05, 0.1) is 0 Å². The van der Waals surface area contributed by atoms with Gasteiger partial charge >= 0.3 is 0 Å². The summed E-state index contributed by atoms with van der Waals surface area (Å²) in [6, 6.07) is 13.0. The maximum atomic E-state index is 3.17. The Hall–Kier alpha value is -1.50. The Labute approximate surface area is 84.8 Å². The fourth-order valence-corrected chi connectivity index (χ4v) is 1.80. The molecule has 0 aromatic heterocycles. The summed E-state index contributed by atoms with van der Waals surface area (Å²) in [6.45, 7) is 2.20. The van der Waals surface area contributed by atoms with Gasteiger partial charge in [0, 0.05) is 12.7 Å². The minimum atomic E-state index is 1.09. The fraction of sp³-hybridized carbons (Fsp3) is 0.231. The molecule has 0 spiro atoms. The molecule has 0 aliphatic rings. The lowest BCUT2D eigenvalue weighted by Crippen LogP contribution is -1.89. The highest BCUT2D eigenvalue weighted by molar-refractivity contribution is 5.88. The van der Waals surface area contributed by atoms with Gasteiger partial charge in [0.1, 0.15) is 0 Å². The summed E-state index contributed by atoms with van der Waals surface area (Å²) in [4.78, 5) is 0. The molecule has 1 nitrogen and oxygen atoms in total. The van der Waals surface area contributed by atoms with Gasteiger partial charge in [-0.2, -0.15) is 0 Å². The summed E-state index contributed by atoms with van der Waals surface area (Å²) in [5.41, 5.74) is 2.60. The quantitative estimate of drug-likeness (QED) is 0.755. The SMILES string of the molecule is CCc1cccc2ccc(NC)cc12. The third-order valence-corrected chi connectivity index (χ3v) is 2.64. The highest BCUT2D eigenvalue weighted by atomic mass is 14.8. The van der Waals surface area contributed by atoms with Gasteiger partial charge in [-0.3, -0.25) is 0 Å². The molecular weight excluding hydrogens is 170 g/mol. The van der Waals surface area contributed by atoms with Gasteiger partial charge in [0.15, 0.2) is 0 Å². The van der Waals surface area contributed by atoms with Crippen LogP contribution in [0.25, 0.3) is 10.8 Å². The predicted octanol–water partition coefficient (Wildman–Crippen LogP) is 3.44. The molecule has 0 atom stereocenters. The van der Waals surface area contributed by atoms with E-state index in [0.717, 1.165) is 6.42 Å². The zero-order chi connectivity index (χ0) is 9.97. The normalized spacial score (nSPS) is 10.4. The molecule has 14 heavy (non-hydrogen) atoms. The Balaban J connectivity index is 2.70. The lowest BCUT2D eigenvalue weighted by atomic mass is 10.0. The molecule has 1 N–H and O–H groups in total. The molecule has 0 aliphatic heterocycles. The molecule has 0 bridgehead atoms. The first-order chi connectivity index (χ1) is 6.85. The van der Waals surface area contributed by atoms with Crippen molar-refractivity contribution < 1.29 is 0 Å². The largest absolute Gasteiger partial charge is 0.388 e. The second-order valence-corrected chi connectivity index (χ2v) is 3.46. The Kier molecular flexibility index (Phi) is 2.40. The molecule has 0 aliphatic carbocycles. The van der Waals surface area contributed by atoms with Crippen molar-refractivity contribution in [3.8, 4) is 0 Å². The number of hydrogen-bond acceptors (Lipinski definition) is 1. The van der Waals surface area contributed by atoms with E-state index in [4.69, 9.17) is 0 Å². The maximum Gasteiger partial charge on any atom is 0.0344 e. The Bertz CT molecular complexity index is 446. The first-order valence-electron chi connectivity index (χ1n) is 5.04. The van der Waals surface area contributed by atoms with Crippen LogP contribution in [0.3, 0.4) is 0 Å². The van der Waals surface area contributed by atoms with Crippen molar-refractivity contribution >= 4 is 16.5 Å². The summed E-state index contributed by atoms with van der Waals surface area (Å²) in [6.07, 6.45) is 1.09. The van der Waals surface area contributed by atoms with Gasteiger partial charge in [-0.05, 0) is 34.9 Å². The second kappa shape index (κ2) is 3.70. The van der Waals surface area contributed by atoms with E-state index in [1.165, 1.54) is 22.0 Å². The van der Waals surface area contributed by atoms with Crippen LogP contribution in [0.15, 0.2) is 36.4 Å². The minimum Gasteiger partial charge on any atom is -0.388 e. The number of aryl methyl sites for hydroxylation is 1. The molecule has 2 aromatic carbocycles. The van der Waals surface area contributed by atoms with E-state index in [1.54, 1.807) is 0 Å². The third kappa shape index (κ3) is 1.46. The van der Waals surface area contributed by atoms with E-state index in [0.29, 0.717) is 0 Å². The fourth-order valence-electron chi connectivity index (χ4n) is 1.80. The van der Waals surface area contributed by atoms with Crippen LogP contribution in [0.1, 0.15) is 12.5 Å². The van der Waals surface area contributed by atoms with Gasteiger partial charge in [-0.1, -0.05) is 31.2 Å². The molecule has 0 radical (unpaired) electrons. The number of rotatable bonds is 2. The molecule has 2 aromatic rings. The third-order valence-electron chi connectivity index (χ3n) is 2.64.